The predicted molar refractivity (Wildman–Crippen MR) is 63.7 cm³/mol. The molecule has 0 atom stereocenters. The van der Waals surface area contributed by atoms with Gasteiger partial charge in [-0.1, -0.05) is 5.16 Å². The van der Waals surface area contributed by atoms with Gasteiger partial charge in [0.05, 0.1) is 11.8 Å². The van der Waals surface area contributed by atoms with Crippen LogP contribution in [0.25, 0.3) is 22.8 Å². The fraction of sp³-hybridized carbons (Fsp3) is 0. The molecule has 0 saturated heterocycles. The summed E-state index contributed by atoms with van der Waals surface area (Å²) in [5.41, 5.74) is 0.903. The lowest BCUT2D eigenvalue weighted by Gasteiger charge is -1.96. The Labute approximate surface area is 111 Å². The highest BCUT2D eigenvalue weighted by molar-refractivity contribution is 5.63. The van der Waals surface area contributed by atoms with Crippen LogP contribution in [-0.2, 0) is 0 Å². The molecule has 0 fully saturated rings. The lowest BCUT2D eigenvalue weighted by atomic mass is 10.2. The van der Waals surface area contributed by atoms with Crippen molar-refractivity contribution in [3.63, 3.8) is 0 Å². The zero-order chi connectivity index (χ0) is 14.1. The molecule has 0 amide bonds. The van der Waals surface area contributed by atoms with Crippen molar-refractivity contribution in [1.29, 1.82) is 5.26 Å². The minimum atomic E-state index is -0.783. The second-order valence-corrected chi connectivity index (χ2v) is 3.86. The molecule has 20 heavy (non-hydrogen) atoms. The number of nitriles is 1. The van der Waals surface area contributed by atoms with E-state index in [1.807, 2.05) is 6.07 Å². The summed E-state index contributed by atoms with van der Waals surface area (Å²) in [7, 11) is 0. The van der Waals surface area contributed by atoms with E-state index in [2.05, 4.69) is 20.3 Å². The molecule has 2 N–H and O–H groups in total. The highest BCUT2D eigenvalue weighted by Crippen LogP contribution is 2.26. The van der Waals surface area contributed by atoms with Crippen molar-refractivity contribution in [2.45, 2.75) is 0 Å². The van der Waals surface area contributed by atoms with Gasteiger partial charge >= 0.3 is 0 Å². The van der Waals surface area contributed by atoms with E-state index >= 15 is 0 Å². The van der Waals surface area contributed by atoms with Gasteiger partial charge in [-0.25, -0.2) is 4.39 Å². The minimum absolute atomic E-state index is 0.0961. The standard InChI is InChI=1S/C12H6FN5O2/c13-8-3-6(1-2-10(8)19)11-16-12(20-18-11)7-5-15-17-9(7)4-14/h1-3,5,19H,(H,15,17). The maximum Gasteiger partial charge on any atom is 0.262 e. The van der Waals surface area contributed by atoms with Gasteiger partial charge in [0.2, 0.25) is 5.82 Å². The molecule has 0 aliphatic carbocycles. The third-order valence-corrected chi connectivity index (χ3v) is 2.61. The number of H-pyrrole nitrogens is 1. The van der Waals surface area contributed by atoms with Crippen molar-refractivity contribution >= 4 is 0 Å². The van der Waals surface area contributed by atoms with Crippen LogP contribution in [0.5, 0.6) is 5.75 Å². The molecule has 7 nitrogen and oxygen atoms in total. The molecule has 1 aromatic carbocycles. The maximum atomic E-state index is 13.3. The normalized spacial score (nSPS) is 10.4. The van der Waals surface area contributed by atoms with Crippen LogP contribution in [0, 0.1) is 17.1 Å². The molecule has 8 heteroatoms. The summed E-state index contributed by atoms with van der Waals surface area (Å²) < 4.78 is 18.3. The topological polar surface area (TPSA) is 112 Å². The molecule has 3 aromatic rings. The highest BCUT2D eigenvalue weighted by Gasteiger charge is 2.16. The number of halogens is 1. The summed E-state index contributed by atoms with van der Waals surface area (Å²) in [5, 5.41) is 27.9. The van der Waals surface area contributed by atoms with Crippen LogP contribution in [0.1, 0.15) is 5.69 Å². The highest BCUT2D eigenvalue weighted by atomic mass is 19.1. The third-order valence-electron chi connectivity index (χ3n) is 2.61. The van der Waals surface area contributed by atoms with E-state index in [0.29, 0.717) is 11.1 Å². The largest absolute Gasteiger partial charge is 0.505 e. The van der Waals surface area contributed by atoms with Gasteiger partial charge < -0.3 is 9.63 Å². The number of aromatic nitrogens is 4. The fourth-order valence-electron chi connectivity index (χ4n) is 1.63. The number of nitrogens with one attached hydrogen (secondary N) is 1. The summed E-state index contributed by atoms with van der Waals surface area (Å²) in [6, 6.07) is 5.63. The Kier molecular flexibility index (Phi) is 2.65. The number of phenolic OH excluding ortho intramolecular Hbond substituents is 1. The number of aromatic hydroxyl groups is 1. The average Bonchev–Trinajstić information content (AvgIpc) is 3.09. The average molecular weight is 271 g/mol. The molecule has 0 radical (unpaired) electrons. The number of hydrogen-bond donors (Lipinski definition) is 2. The fourth-order valence-corrected chi connectivity index (χ4v) is 1.63. The molecule has 2 aromatic heterocycles. The van der Waals surface area contributed by atoms with Crippen LogP contribution in [0.2, 0.25) is 0 Å². The molecule has 3 rings (SSSR count). The van der Waals surface area contributed by atoms with E-state index < -0.39 is 11.6 Å². The first-order chi connectivity index (χ1) is 9.69. The lowest BCUT2D eigenvalue weighted by Crippen LogP contribution is -1.84. The van der Waals surface area contributed by atoms with Gasteiger partial charge in [-0.05, 0) is 18.2 Å². The molecular formula is C12H6FN5O2. The summed E-state index contributed by atoms with van der Waals surface area (Å²) in [6.45, 7) is 0. The number of hydrogen-bond acceptors (Lipinski definition) is 6. The van der Waals surface area contributed by atoms with Gasteiger partial charge in [0.15, 0.2) is 11.6 Å². The Morgan fingerprint density at radius 2 is 2.25 bits per heavy atom. The first kappa shape index (κ1) is 11.9. The first-order valence-electron chi connectivity index (χ1n) is 5.45. The molecule has 0 aliphatic rings. The second-order valence-electron chi connectivity index (χ2n) is 3.86. The first-order valence-corrected chi connectivity index (χ1v) is 5.45. The van der Waals surface area contributed by atoms with E-state index in [9.17, 15) is 4.39 Å². The summed E-state index contributed by atoms with van der Waals surface area (Å²) >= 11 is 0. The van der Waals surface area contributed by atoms with Crippen LogP contribution < -0.4 is 0 Å². The van der Waals surface area contributed by atoms with Gasteiger partial charge in [0.25, 0.3) is 5.89 Å². The summed E-state index contributed by atoms with van der Waals surface area (Å²) in [6.07, 6.45) is 1.38. The van der Waals surface area contributed by atoms with Gasteiger partial charge in [-0.2, -0.15) is 15.3 Å². The number of rotatable bonds is 2. The van der Waals surface area contributed by atoms with E-state index in [1.54, 1.807) is 0 Å². The predicted octanol–water partition coefficient (Wildman–Crippen LogP) is 1.84. The van der Waals surface area contributed by atoms with Crippen LogP contribution in [-0.4, -0.2) is 25.4 Å². The van der Waals surface area contributed by atoms with Crippen molar-refractivity contribution < 1.29 is 14.0 Å². The Balaban J connectivity index is 2.02. The smallest absolute Gasteiger partial charge is 0.262 e. The monoisotopic (exact) mass is 271 g/mol. The summed E-state index contributed by atoms with van der Waals surface area (Å²) in [4.78, 5) is 4.07. The number of benzene rings is 1. The molecule has 0 spiro atoms. The van der Waals surface area contributed by atoms with Crippen LogP contribution in [0.4, 0.5) is 4.39 Å². The van der Waals surface area contributed by atoms with Gasteiger partial charge in [0, 0.05) is 5.56 Å². The molecule has 98 valence electrons. The van der Waals surface area contributed by atoms with E-state index in [0.717, 1.165) is 6.07 Å². The number of aromatic amines is 1. The van der Waals surface area contributed by atoms with Gasteiger partial charge in [-0.3, -0.25) is 5.10 Å². The Morgan fingerprint density at radius 1 is 1.40 bits per heavy atom. The SMILES string of the molecule is N#Cc1[nH]ncc1-c1nc(-c2ccc(O)c(F)c2)no1. The Bertz CT molecular complexity index is 817. The zero-order valence-corrected chi connectivity index (χ0v) is 9.83. The molecule has 0 aliphatic heterocycles. The van der Waals surface area contributed by atoms with E-state index in [4.69, 9.17) is 14.9 Å². The van der Waals surface area contributed by atoms with Crippen molar-refractivity contribution in [1.82, 2.24) is 20.3 Å². The molecule has 2 heterocycles. The van der Waals surface area contributed by atoms with Gasteiger partial charge in [-0.15, -0.1) is 0 Å². The number of phenols is 1. The molecular weight excluding hydrogens is 265 g/mol. The van der Waals surface area contributed by atoms with Crippen molar-refractivity contribution in [2.24, 2.45) is 0 Å². The maximum absolute atomic E-state index is 13.3. The molecule has 0 bridgehead atoms. The van der Waals surface area contributed by atoms with Crippen molar-refractivity contribution in [2.75, 3.05) is 0 Å². The Hall–Kier alpha value is -3.21. The number of nitrogens with zero attached hydrogens (tertiary/aromatic N) is 4. The minimum Gasteiger partial charge on any atom is -0.505 e. The lowest BCUT2D eigenvalue weighted by molar-refractivity contribution is 0.430. The van der Waals surface area contributed by atoms with Crippen molar-refractivity contribution in [3.8, 4) is 34.7 Å². The zero-order valence-electron chi connectivity index (χ0n) is 9.83. The summed E-state index contributed by atoms with van der Waals surface area (Å²) in [5.74, 6) is -1.00. The molecule has 0 unspecified atom stereocenters. The van der Waals surface area contributed by atoms with Crippen LogP contribution in [0.3, 0.4) is 0 Å². The van der Waals surface area contributed by atoms with Crippen molar-refractivity contribution in [3.05, 3.63) is 35.9 Å². The van der Waals surface area contributed by atoms with E-state index in [1.165, 1.54) is 18.3 Å². The van der Waals surface area contributed by atoms with Crippen LogP contribution >= 0.6 is 0 Å². The third kappa shape index (κ3) is 1.87. The molecule has 0 saturated carbocycles. The van der Waals surface area contributed by atoms with Gasteiger partial charge in [0.1, 0.15) is 11.8 Å². The quantitative estimate of drug-likeness (QED) is 0.735. The van der Waals surface area contributed by atoms with E-state index in [-0.39, 0.29) is 17.4 Å². The Morgan fingerprint density at radius 3 is 3.00 bits per heavy atom. The second kappa shape index (κ2) is 4.47. The van der Waals surface area contributed by atoms with Crippen LogP contribution in [0.15, 0.2) is 28.9 Å².